The van der Waals surface area contributed by atoms with Crippen molar-refractivity contribution in [3.63, 3.8) is 0 Å². The Balaban J connectivity index is 1.48. The summed E-state index contributed by atoms with van der Waals surface area (Å²) in [5.41, 5.74) is 0.714. The molecule has 1 aliphatic heterocycles. The van der Waals surface area contributed by atoms with Crippen molar-refractivity contribution in [3.05, 3.63) is 21.4 Å². The lowest BCUT2D eigenvalue weighted by Gasteiger charge is -2.37. The number of rotatable bonds is 8. The molecule has 0 atom stereocenters. The van der Waals surface area contributed by atoms with Crippen LogP contribution >= 0.6 is 11.3 Å². The van der Waals surface area contributed by atoms with Crippen LogP contribution < -0.4 is 5.32 Å². The number of hydrogen-bond acceptors (Lipinski definition) is 5. The quantitative estimate of drug-likeness (QED) is 0.612. The van der Waals surface area contributed by atoms with Gasteiger partial charge in [-0.25, -0.2) is 0 Å². The largest absolute Gasteiger partial charge is 0.382 e. The van der Waals surface area contributed by atoms with Crippen LogP contribution in [0.25, 0.3) is 0 Å². The monoisotopic (exact) mass is 450 g/mol. The lowest BCUT2D eigenvalue weighted by Crippen LogP contribution is -2.50. The zero-order valence-electron chi connectivity index (χ0n) is 19.3. The number of hydrogen-bond donors (Lipinski definition) is 1. The molecule has 3 rings (SSSR count). The number of carbonyl (C=O) groups is 2. The second kappa shape index (κ2) is 11.4. The van der Waals surface area contributed by atoms with E-state index in [1.54, 1.807) is 18.4 Å². The van der Waals surface area contributed by atoms with E-state index >= 15 is 0 Å². The van der Waals surface area contributed by atoms with Gasteiger partial charge >= 0.3 is 0 Å². The normalized spacial score (nSPS) is 18.2. The molecule has 2 amide bonds. The number of likely N-dealkylation sites (tertiary alicyclic amines) is 1. The number of nitrogens with zero attached hydrogens (tertiary/aromatic N) is 1. The van der Waals surface area contributed by atoms with Crippen molar-refractivity contribution in [2.75, 3.05) is 40.0 Å². The fourth-order valence-corrected chi connectivity index (χ4v) is 5.54. The van der Waals surface area contributed by atoms with Gasteiger partial charge in [-0.05, 0) is 64.0 Å². The van der Waals surface area contributed by atoms with Crippen molar-refractivity contribution in [1.29, 1.82) is 0 Å². The molecule has 0 aromatic carbocycles. The van der Waals surface area contributed by atoms with E-state index < -0.39 is 5.41 Å². The Bertz CT molecular complexity index is 712. The van der Waals surface area contributed by atoms with E-state index in [4.69, 9.17) is 9.47 Å². The lowest BCUT2D eigenvalue weighted by atomic mass is 9.90. The Kier molecular flexibility index (Phi) is 8.93. The van der Waals surface area contributed by atoms with Crippen LogP contribution in [0.2, 0.25) is 0 Å². The van der Waals surface area contributed by atoms with Gasteiger partial charge in [0, 0.05) is 31.6 Å². The molecular formula is C24H38N2O4S. The van der Waals surface area contributed by atoms with Gasteiger partial charge in [0.25, 0.3) is 5.91 Å². The van der Waals surface area contributed by atoms with E-state index in [0.29, 0.717) is 32.8 Å². The van der Waals surface area contributed by atoms with Gasteiger partial charge in [0.05, 0.1) is 29.6 Å². The second-order valence-electron chi connectivity index (χ2n) is 9.39. The van der Waals surface area contributed by atoms with Crippen LogP contribution in [0, 0.1) is 5.41 Å². The molecule has 2 heterocycles. The number of thiophene rings is 1. The molecule has 0 spiro atoms. The first-order valence-electron chi connectivity index (χ1n) is 11.7. The number of aryl methyl sites for hydroxylation is 2. The lowest BCUT2D eigenvalue weighted by molar-refractivity contribution is -0.142. The fraction of sp³-hybridized carbons (Fsp3) is 0.750. The van der Waals surface area contributed by atoms with Crippen LogP contribution in [0.1, 0.15) is 72.5 Å². The first kappa shape index (κ1) is 24.2. The summed E-state index contributed by atoms with van der Waals surface area (Å²) < 4.78 is 10.8. The first-order valence-corrected chi connectivity index (χ1v) is 12.5. The number of methoxy groups -OCH3 is 1. The average molecular weight is 451 g/mol. The molecule has 1 fully saturated rings. The van der Waals surface area contributed by atoms with Gasteiger partial charge < -0.3 is 19.7 Å². The van der Waals surface area contributed by atoms with E-state index in [1.807, 2.05) is 18.7 Å². The highest BCUT2D eigenvalue weighted by Crippen LogP contribution is 2.29. The summed E-state index contributed by atoms with van der Waals surface area (Å²) in [5, 5.41) is 3.03. The number of amides is 2. The summed E-state index contributed by atoms with van der Waals surface area (Å²) in [4.78, 5) is 30.0. The predicted molar refractivity (Wildman–Crippen MR) is 124 cm³/mol. The smallest absolute Gasteiger partial charge is 0.261 e. The van der Waals surface area contributed by atoms with Gasteiger partial charge in [-0.3, -0.25) is 9.59 Å². The second-order valence-corrected chi connectivity index (χ2v) is 10.5. The Morgan fingerprint density at radius 2 is 1.84 bits per heavy atom. The minimum atomic E-state index is -0.634. The predicted octanol–water partition coefficient (Wildman–Crippen LogP) is 3.82. The van der Waals surface area contributed by atoms with Gasteiger partial charge in [-0.1, -0.05) is 12.8 Å². The number of fused-ring (bicyclic) bond motifs is 1. The third-order valence-electron chi connectivity index (χ3n) is 6.36. The van der Waals surface area contributed by atoms with Crippen LogP contribution in [0.15, 0.2) is 6.07 Å². The highest BCUT2D eigenvalue weighted by Gasteiger charge is 2.34. The summed E-state index contributed by atoms with van der Waals surface area (Å²) in [6.45, 7) is 6.78. The highest BCUT2D eigenvalue weighted by atomic mass is 32.1. The van der Waals surface area contributed by atoms with Crippen LogP contribution in [-0.2, 0) is 27.1 Å². The molecule has 1 aliphatic carbocycles. The SMILES string of the molecule is COCCOC1CCN(C(=O)C(C)(C)CNC(=O)c2cc3c(s2)CCCCCC3)CC1. The van der Waals surface area contributed by atoms with Gasteiger partial charge in [0.15, 0.2) is 0 Å². The van der Waals surface area contributed by atoms with E-state index in [-0.39, 0.29) is 17.9 Å². The Morgan fingerprint density at radius 3 is 2.55 bits per heavy atom. The Hall–Kier alpha value is -1.44. The summed E-state index contributed by atoms with van der Waals surface area (Å²) in [6, 6.07) is 2.07. The van der Waals surface area contributed by atoms with E-state index in [0.717, 1.165) is 30.6 Å². The molecule has 1 aromatic heterocycles. The van der Waals surface area contributed by atoms with Crippen molar-refractivity contribution in [2.24, 2.45) is 5.41 Å². The molecule has 1 aromatic rings. The average Bonchev–Trinajstić information content (AvgIpc) is 3.14. The van der Waals surface area contributed by atoms with E-state index in [9.17, 15) is 9.59 Å². The summed E-state index contributed by atoms with van der Waals surface area (Å²) in [7, 11) is 1.67. The summed E-state index contributed by atoms with van der Waals surface area (Å²) in [5.74, 6) is 0.0458. The molecule has 2 aliphatic rings. The minimum absolute atomic E-state index is 0.0529. The van der Waals surface area contributed by atoms with E-state index in [2.05, 4.69) is 11.4 Å². The number of ether oxygens (including phenoxy) is 2. The van der Waals surface area contributed by atoms with Crippen molar-refractivity contribution < 1.29 is 19.1 Å². The zero-order chi connectivity index (χ0) is 22.3. The maximum absolute atomic E-state index is 13.1. The molecule has 1 saturated heterocycles. The third kappa shape index (κ3) is 6.77. The van der Waals surface area contributed by atoms with Gasteiger partial charge in [-0.15, -0.1) is 11.3 Å². The van der Waals surface area contributed by atoms with Crippen LogP contribution in [0.3, 0.4) is 0 Å². The van der Waals surface area contributed by atoms with Crippen molar-refractivity contribution in [3.8, 4) is 0 Å². The molecule has 0 radical (unpaired) electrons. The van der Waals surface area contributed by atoms with Gasteiger partial charge in [0.2, 0.25) is 5.91 Å². The molecule has 0 unspecified atom stereocenters. The molecule has 1 N–H and O–H groups in total. The minimum Gasteiger partial charge on any atom is -0.382 e. The number of piperidine rings is 1. The van der Waals surface area contributed by atoms with Gasteiger partial charge in [0.1, 0.15) is 0 Å². The van der Waals surface area contributed by atoms with Crippen LogP contribution in [-0.4, -0.2) is 62.8 Å². The summed E-state index contributed by atoms with van der Waals surface area (Å²) in [6.07, 6.45) is 9.04. The molecule has 0 bridgehead atoms. The first-order chi connectivity index (χ1) is 14.9. The van der Waals surface area contributed by atoms with Crippen molar-refractivity contribution in [2.45, 2.75) is 71.3 Å². The zero-order valence-corrected chi connectivity index (χ0v) is 20.2. The maximum Gasteiger partial charge on any atom is 0.261 e. The fourth-order valence-electron chi connectivity index (χ4n) is 4.37. The van der Waals surface area contributed by atoms with Crippen LogP contribution in [0.5, 0.6) is 0 Å². The van der Waals surface area contributed by atoms with E-state index in [1.165, 1.54) is 36.1 Å². The topological polar surface area (TPSA) is 67.9 Å². The van der Waals surface area contributed by atoms with Gasteiger partial charge in [-0.2, -0.15) is 0 Å². The molecule has 0 saturated carbocycles. The summed E-state index contributed by atoms with van der Waals surface area (Å²) >= 11 is 1.63. The van der Waals surface area contributed by atoms with Crippen molar-refractivity contribution >= 4 is 23.2 Å². The molecule has 6 nitrogen and oxygen atoms in total. The Morgan fingerprint density at radius 1 is 1.13 bits per heavy atom. The maximum atomic E-state index is 13.1. The Labute approximate surface area is 190 Å². The molecular weight excluding hydrogens is 412 g/mol. The molecule has 174 valence electrons. The highest BCUT2D eigenvalue weighted by molar-refractivity contribution is 7.14. The molecule has 31 heavy (non-hydrogen) atoms. The van der Waals surface area contributed by atoms with Crippen LogP contribution in [0.4, 0.5) is 0 Å². The standard InChI is InChI=1S/C24H38N2O4S/c1-24(2,23(28)26-12-10-19(11-13-26)30-15-14-29-3)17-25-22(27)21-16-18-8-6-4-5-7-9-20(18)31-21/h16,19H,4-15,17H2,1-3H3,(H,25,27). The molecule has 7 heteroatoms. The number of nitrogens with one attached hydrogen (secondary N) is 1. The van der Waals surface area contributed by atoms with Crippen molar-refractivity contribution in [1.82, 2.24) is 10.2 Å². The third-order valence-corrected chi connectivity index (χ3v) is 7.60. The number of carbonyl (C=O) groups excluding carboxylic acids is 2.